The Bertz CT molecular complexity index is 1530. The van der Waals surface area contributed by atoms with Crippen LogP contribution in [0.15, 0.2) is 53.6 Å². The van der Waals surface area contributed by atoms with Gasteiger partial charge in [-0.2, -0.15) is 0 Å². The van der Waals surface area contributed by atoms with Crippen LogP contribution in [-0.2, 0) is 17.4 Å². The van der Waals surface area contributed by atoms with Crippen molar-refractivity contribution in [2.75, 3.05) is 11.9 Å². The van der Waals surface area contributed by atoms with Crippen molar-refractivity contribution >= 4 is 22.4 Å². The first-order valence-electron chi connectivity index (χ1n) is 12.9. The SMILES string of the molecule is CC(C)(C)c1cc(-n2c3cc(Nc4ccc5c(c4)CCNC5(C)C)ncc3c(=O)n2C2CC2)ccn1. The summed E-state index contributed by atoms with van der Waals surface area (Å²) in [6, 6.07) is 12.9. The van der Waals surface area contributed by atoms with Crippen LogP contribution in [0.5, 0.6) is 0 Å². The van der Waals surface area contributed by atoms with E-state index in [4.69, 9.17) is 0 Å². The van der Waals surface area contributed by atoms with Crippen LogP contribution in [0.25, 0.3) is 16.6 Å². The Labute approximate surface area is 211 Å². The molecule has 1 saturated carbocycles. The van der Waals surface area contributed by atoms with Crippen molar-refractivity contribution < 1.29 is 0 Å². The van der Waals surface area contributed by atoms with Gasteiger partial charge in [0.2, 0.25) is 0 Å². The standard InChI is InChI=1S/C29H34N6O/c1-28(2,3)25-15-21(11-12-30-25)34-24-16-26(31-17-22(24)27(36)35(34)20-7-8-20)33-19-6-9-23-18(14-19)10-13-32-29(23,4)5/h6,9,11-12,14-17,20,32H,7-8,10,13H2,1-5H3,(H,31,33). The Morgan fingerprint density at radius 1 is 1.08 bits per heavy atom. The molecular formula is C29H34N6O. The van der Waals surface area contributed by atoms with Crippen molar-refractivity contribution in [2.45, 2.75) is 70.9 Å². The van der Waals surface area contributed by atoms with Gasteiger partial charge in [0.15, 0.2) is 0 Å². The summed E-state index contributed by atoms with van der Waals surface area (Å²) in [5.41, 5.74) is 6.41. The molecule has 7 heteroatoms. The number of hydrogen-bond acceptors (Lipinski definition) is 5. The van der Waals surface area contributed by atoms with Crippen LogP contribution >= 0.6 is 0 Å². The summed E-state index contributed by atoms with van der Waals surface area (Å²) in [5, 5.41) is 7.72. The van der Waals surface area contributed by atoms with Crippen molar-refractivity contribution in [3.63, 3.8) is 0 Å². The van der Waals surface area contributed by atoms with Crippen LogP contribution in [0, 0.1) is 0 Å². The third-order valence-corrected chi connectivity index (χ3v) is 7.43. The first-order valence-corrected chi connectivity index (χ1v) is 12.9. The highest BCUT2D eigenvalue weighted by atomic mass is 16.1. The number of rotatable bonds is 4. The summed E-state index contributed by atoms with van der Waals surface area (Å²) in [6.07, 6.45) is 6.60. The fourth-order valence-corrected chi connectivity index (χ4v) is 5.30. The van der Waals surface area contributed by atoms with Gasteiger partial charge in [0.25, 0.3) is 5.56 Å². The summed E-state index contributed by atoms with van der Waals surface area (Å²) in [5.74, 6) is 0.724. The highest BCUT2D eigenvalue weighted by molar-refractivity contribution is 5.83. The van der Waals surface area contributed by atoms with Gasteiger partial charge in [0, 0.05) is 40.8 Å². The molecule has 6 rings (SSSR count). The fraction of sp³-hybridized carbons (Fsp3) is 0.414. The lowest BCUT2D eigenvalue weighted by molar-refractivity contribution is 0.382. The largest absolute Gasteiger partial charge is 0.340 e. The monoisotopic (exact) mass is 482 g/mol. The highest BCUT2D eigenvalue weighted by Gasteiger charge is 2.31. The van der Waals surface area contributed by atoms with E-state index in [9.17, 15) is 4.79 Å². The van der Waals surface area contributed by atoms with Crippen LogP contribution in [0.2, 0.25) is 0 Å². The van der Waals surface area contributed by atoms with Crippen molar-refractivity contribution in [3.8, 4) is 5.69 Å². The molecule has 1 aliphatic heterocycles. The Hall–Kier alpha value is -3.45. The maximum Gasteiger partial charge on any atom is 0.276 e. The third kappa shape index (κ3) is 3.91. The van der Waals surface area contributed by atoms with Gasteiger partial charge >= 0.3 is 0 Å². The van der Waals surface area contributed by atoms with E-state index in [2.05, 4.69) is 84.2 Å². The molecule has 4 heterocycles. The Balaban J connectivity index is 1.45. The van der Waals surface area contributed by atoms with Crippen LogP contribution in [0.4, 0.5) is 11.5 Å². The van der Waals surface area contributed by atoms with Gasteiger partial charge in [0.05, 0.1) is 22.6 Å². The predicted molar refractivity (Wildman–Crippen MR) is 145 cm³/mol. The lowest BCUT2D eigenvalue weighted by Crippen LogP contribution is -2.42. The van der Waals surface area contributed by atoms with Gasteiger partial charge in [0.1, 0.15) is 5.82 Å². The Morgan fingerprint density at radius 3 is 2.64 bits per heavy atom. The fourth-order valence-electron chi connectivity index (χ4n) is 5.30. The summed E-state index contributed by atoms with van der Waals surface area (Å²) < 4.78 is 3.98. The van der Waals surface area contributed by atoms with E-state index < -0.39 is 0 Å². The van der Waals surface area contributed by atoms with Crippen LogP contribution in [-0.4, -0.2) is 25.9 Å². The number of hydrogen-bond donors (Lipinski definition) is 2. The van der Waals surface area contributed by atoms with Crippen LogP contribution in [0.3, 0.4) is 0 Å². The molecule has 4 aromatic rings. The molecule has 0 atom stereocenters. The van der Waals surface area contributed by atoms with E-state index in [0.29, 0.717) is 5.39 Å². The molecule has 186 valence electrons. The number of pyridine rings is 2. The number of anilines is 2. The molecule has 0 radical (unpaired) electrons. The minimum atomic E-state index is -0.0888. The summed E-state index contributed by atoms with van der Waals surface area (Å²) in [4.78, 5) is 22.7. The van der Waals surface area contributed by atoms with E-state index in [-0.39, 0.29) is 22.6 Å². The molecule has 1 aliphatic carbocycles. The van der Waals surface area contributed by atoms with Gasteiger partial charge in [-0.15, -0.1) is 0 Å². The smallest absolute Gasteiger partial charge is 0.276 e. The molecule has 0 saturated heterocycles. The molecule has 7 nitrogen and oxygen atoms in total. The minimum absolute atomic E-state index is 0.0178. The number of benzene rings is 1. The van der Waals surface area contributed by atoms with E-state index in [1.54, 1.807) is 6.20 Å². The van der Waals surface area contributed by atoms with Gasteiger partial charge in [-0.1, -0.05) is 26.8 Å². The second-order valence-corrected chi connectivity index (χ2v) is 11.7. The van der Waals surface area contributed by atoms with Gasteiger partial charge in [-0.3, -0.25) is 9.78 Å². The van der Waals surface area contributed by atoms with Crippen LogP contribution in [0.1, 0.15) is 70.3 Å². The van der Waals surface area contributed by atoms with E-state index in [0.717, 1.165) is 54.2 Å². The lowest BCUT2D eigenvalue weighted by atomic mass is 9.85. The number of fused-ring (bicyclic) bond motifs is 2. The normalized spacial score (nSPS) is 17.2. The molecular weight excluding hydrogens is 448 g/mol. The minimum Gasteiger partial charge on any atom is -0.340 e. The van der Waals surface area contributed by atoms with E-state index >= 15 is 0 Å². The molecule has 0 amide bonds. The molecule has 2 N–H and O–H groups in total. The first-order chi connectivity index (χ1) is 17.1. The van der Waals surface area contributed by atoms with Gasteiger partial charge in [-0.05, 0) is 75.0 Å². The second kappa shape index (κ2) is 8.03. The molecule has 2 aliphatic rings. The van der Waals surface area contributed by atoms with E-state index in [1.807, 2.05) is 23.0 Å². The zero-order valence-corrected chi connectivity index (χ0v) is 21.7. The van der Waals surface area contributed by atoms with Crippen molar-refractivity contribution in [1.29, 1.82) is 0 Å². The molecule has 1 aromatic carbocycles. The number of aromatic nitrogens is 4. The molecule has 1 fully saturated rings. The van der Waals surface area contributed by atoms with Gasteiger partial charge < -0.3 is 10.6 Å². The summed E-state index contributed by atoms with van der Waals surface area (Å²) >= 11 is 0. The summed E-state index contributed by atoms with van der Waals surface area (Å²) in [7, 11) is 0. The van der Waals surface area contributed by atoms with Gasteiger partial charge in [-0.25, -0.2) is 14.3 Å². The maximum atomic E-state index is 13.4. The Kier molecular flexibility index (Phi) is 5.13. The number of nitrogens with zero attached hydrogens (tertiary/aromatic N) is 4. The second-order valence-electron chi connectivity index (χ2n) is 11.7. The van der Waals surface area contributed by atoms with Crippen LogP contribution < -0.4 is 16.2 Å². The first kappa shape index (κ1) is 23.0. The van der Waals surface area contributed by atoms with Crippen molar-refractivity contribution in [2.24, 2.45) is 0 Å². The molecule has 36 heavy (non-hydrogen) atoms. The number of nitrogens with one attached hydrogen (secondary N) is 2. The average molecular weight is 483 g/mol. The quantitative estimate of drug-likeness (QED) is 0.411. The zero-order valence-electron chi connectivity index (χ0n) is 21.7. The zero-order chi connectivity index (χ0) is 25.2. The maximum absolute atomic E-state index is 13.4. The third-order valence-electron chi connectivity index (χ3n) is 7.43. The lowest BCUT2D eigenvalue weighted by Gasteiger charge is -2.34. The highest BCUT2D eigenvalue weighted by Crippen LogP contribution is 2.37. The molecule has 0 bridgehead atoms. The summed E-state index contributed by atoms with van der Waals surface area (Å²) in [6.45, 7) is 11.9. The molecule has 0 unspecified atom stereocenters. The topological polar surface area (TPSA) is 76.8 Å². The van der Waals surface area contributed by atoms with Crippen molar-refractivity contribution in [1.82, 2.24) is 24.6 Å². The average Bonchev–Trinajstić information content (AvgIpc) is 3.62. The molecule has 3 aromatic heterocycles. The van der Waals surface area contributed by atoms with Crippen molar-refractivity contribution in [3.05, 3.63) is 76.0 Å². The van der Waals surface area contributed by atoms with E-state index in [1.165, 1.54) is 11.1 Å². The predicted octanol–water partition coefficient (Wildman–Crippen LogP) is 5.34. The molecule has 0 spiro atoms. The Morgan fingerprint density at radius 2 is 1.89 bits per heavy atom.